The normalized spacial score (nSPS) is 15.2. The lowest BCUT2D eigenvalue weighted by Crippen LogP contribution is -2.27. The van der Waals surface area contributed by atoms with Gasteiger partial charge in [0.1, 0.15) is 5.76 Å². The molecule has 1 aliphatic rings. The van der Waals surface area contributed by atoms with Crippen LogP contribution in [0.15, 0.2) is 96.6 Å². The highest BCUT2D eigenvalue weighted by atomic mass is 79.9. The Labute approximate surface area is 212 Å². The zero-order chi connectivity index (χ0) is 22.9. The number of imide groups is 1. The third-order valence-electron chi connectivity index (χ3n) is 5.05. The first-order valence-electron chi connectivity index (χ1n) is 9.93. The predicted octanol–water partition coefficient (Wildman–Crippen LogP) is 8.24. The first kappa shape index (κ1) is 22.3. The lowest BCUT2D eigenvalue weighted by Gasteiger charge is -2.14. The number of halogens is 2. The van der Waals surface area contributed by atoms with Gasteiger partial charge in [-0.05, 0) is 74.4 Å². The number of nitrogens with zero attached hydrogens (tertiary/aromatic N) is 1. The van der Waals surface area contributed by atoms with Crippen molar-refractivity contribution in [2.45, 2.75) is 16.5 Å². The molecule has 0 saturated carbocycles. The van der Waals surface area contributed by atoms with Gasteiger partial charge in [0, 0.05) is 16.0 Å². The Morgan fingerprint density at radius 1 is 1.03 bits per heavy atom. The van der Waals surface area contributed by atoms with Gasteiger partial charge in [0.2, 0.25) is 0 Å². The number of amides is 2. The molecule has 2 heterocycles. The van der Waals surface area contributed by atoms with Crippen LogP contribution in [0, 0.1) is 0 Å². The van der Waals surface area contributed by atoms with Crippen molar-refractivity contribution in [1.29, 1.82) is 0 Å². The van der Waals surface area contributed by atoms with E-state index in [9.17, 15) is 9.59 Å². The first-order chi connectivity index (χ1) is 16.0. The first-order valence-corrected chi connectivity index (χ1v) is 12.7. The van der Waals surface area contributed by atoms with Gasteiger partial charge in [-0.1, -0.05) is 65.8 Å². The molecule has 5 rings (SSSR count). The van der Waals surface area contributed by atoms with Crippen LogP contribution in [0.2, 0.25) is 5.02 Å². The molecular formula is C25H15BrClNO3S2. The number of carbonyl (C=O) groups excluding carboxylic acids is 2. The van der Waals surface area contributed by atoms with Crippen molar-refractivity contribution in [3.8, 4) is 0 Å². The lowest BCUT2D eigenvalue weighted by molar-refractivity contribution is -0.123. The Morgan fingerprint density at radius 2 is 1.79 bits per heavy atom. The van der Waals surface area contributed by atoms with E-state index in [4.69, 9.17) is 16.0 Å². The van der Waals surface area contributed by atoms with E-state index in [1.54, 1.807) is 12.1 Å². The number of benzene rings is 3. The third kappa shape index (κ3) is 4.77. The summed E-state index contributed by atoms with van der Waals surface area (Å²) in [6.45, 7) is 0.225. The monoisotopic (exact) mass is 555 g/mol. The Hall–Kier alpha value is -2.45. The predicted molar refractivity (Wildman–Crippen MR) is 137 cm³/mol. The Balaban J connectivity index is 1.36. The van der Waals surface area contributed by atoms with Gasteiger partial charge in [-0.2, -0.15) is 0 Å². The molecule has 0 radical (unpaired) electrons. The van der Waals surface area contributed by atoms with Crippen molar-refractivity contribution in [2.24, 2.45) is 0 Å². The molecule has 33 heavy (non-hydrogen) atoms. The van der Waals surface area contributed by atoms with Gasteiger partial charge >= 0.3 is 0 Å². The summed E-state index contributed by atoms with van der Waals surface area (Å²) in [4.78, 5) is 28.2. The molecule has 1 aromatic heterocycles. The van der Waals surface area contributed by atoms with E-state index in [-0.39, 0.29) is 17.7 Å². The zero-order valence-electron chi connectivity index (χ0n) is 17.0. The molecule has 1 fully saturated rings. The zero-order valence-corrected chi connectivity index (χ0v) is 20.9. The second-order valence-corrected chi connectivity index (χ2v) is 10.6. The van der Waals surface area contributed by atoms with E-state index in [0.717, 1.165) is 37.5 Å². The highest BCUT2D eigenvalue weighted by molar-refractivity contribution is 9.10. The SMILES string of the molecule is O=C1S/C(=C/c2cc(Br)c(Sc3ccc(Cl)cc3)o2)C(=O)N1Cc1cccc2ccccc12. The van der Waals surface area contributed by atoms with Crippen molar-refractivity contribution in [2.75, 3.05) is 0 Å². The minimum Gasteiger partial charge on any atom is -0.449 e. The molecular weight excluding hydrogens is 542 g/mol. The van der Waals surface area contributed by atoms with Crippen LogP contribution in [0.1, 0.15) is 11.3 Å². The van der Waals surface area contributed by atoms with Gasteiger partial charge in [-0.3, -0.25) is 14.5 Å². The van der Waals surface area contributed by atoms with Crippen molar-refractivity contribution < 1.29 is 14.0 Å². The molecule has 3 aromatic carbocycles. The van der Waals surface area contributed by atoms with E-state index in [2.05, 4.69) is 15.9 Å². The summed E-state index contributed by atoms with van der Waals surface area (Å²) in [5, 5.41) is 3.13. The maximum absolute atomic E-state index is 13.0. The van der Waals surface area contributed by atoms with E-state index < -0.39 is 0 Å². The van der Waals surface area contributed by atoms with Crippen molar-refractivity contribution >= 4 is 79.0 Å². The fourth-order valence-corrected chi connectivity index (χ4v) is 5.76. The molecule has 2 amide bonds. The molecule has 0 N–H and O–H groups in total. The van der Waals surface area contributed by atoms with E-state index in [1.165, 1.54) is 16.7 Å². The Kier molecular flexibility index (Phi) is 6.38. The fourth-order valence-electron chi connectivity index (χ4n) is 3.49. The van der Waals surface area contributed by atoms with Crippen LogP contribution in [0.25, 0.3) is 16.8 Å². The fraction of sp³-hybridized carbons (Fsp3) is 0.0400. The molecule has 4 aromatic rings. The van der Waals surface area contributed by atoms with Crippen LogP contribution >= 0.6 is 51.1 Å². The summed E-state index contributed by atoms with van der Waals surface area (Å²) in [5.41, 5.74) is 0.930. The third-order valence-corrected chi connectivity index (χ3v) is 8.06. The Morgan fingerprint density at radius 3 is 2.61 bits per heavy atom. The quantitative estimate of drug-likeness (QED) is 0.232. The summed E-state index contributed by atoms with van der Waals surface area (Å²) >= 11 is 11.8. The molecule has 4 nitrogen and oxygen atoms in total. The van der Waals surface area contributed by atoms with Crippen molar-refractivity contribution in [3.63, 3.8) is 0 Å². The van der Waals surface area contributed by atoms with Crippen LogP contribution in [-0.2, 0) is 11.3 Å². The van der Waals surface area contributed by atoms with Crippen molar-refractivity contribution in [3.05, 3.63) is 98.5 Å². The number of furan rings is 1. The maximum Gasteiger partial charge on any atom is 0.293 e. The average Bonchev–Trinajstić information content (AvgIpc) is 3.28. The van der Waals surface area contributed by atoms with Gasteiger partial charge in [-0.15, -0.1) is 0 Å². The summed E-state index contributed by atoms with van der Waals surface area (Å²) in [5.74, 6) is 0.173. The molecule has 0 atom stereocenters. The van der Waals surface area contributed by atoms with Crippen molar-refractivity contribution in [1.82, 2.24) is 4.90 Å². The smallest absolute Gasteiger partial charge is 0.293 e. The number of rotatable bonds is 5. The van der Waals surface area contributed by atoms with Gasteiger partial charge in [0.15, 0.2) is 5.09 Å². The molecule has 1 aliphatic heterocycles. The van der Waals surface area contributed by atoms with Gasteiger partial charge in [0.05, 0.1) is 15.9 Å². The minimum atomic E-state index is -0.322. The van der Waals surface area contributed by atoms with Gasteiger partial charge in [-0.25, -0.2) is 0 Å². The summed E-state index contributed by atoms with van der Waals surface area (Å²) < 4.78 is 6.68. The lowest BCUT2D eigenvalue weighted by atomic mass is 10.0. The molecule has 0 spiro atoms. The maximum atomic E-state index is 13.0. The van der Waals surface area contributed by atoms with Gasteiger partial charge < -0.3 is 4.42 Å². The molecule has 0 unspecified atom stereocenters. The van der Waals surface area contributed by atoms with Crippen LogP contribution in [0.5, 0.6) is 0 Å². The number of hydrogen-bond donors (Lipinski definition) is 0. The molecule has 1 saturated heterocycles. The number of hydrogen-bond acceptors (Lipinski definition) is 5. The highest BCUT2D eigenvalue weighted by Gasteiger charge is 2.35. The number of carbonyl (C=O) groups is 2. The van der Waals surface area contributed by atoms with Crippen LogP contribution in [0.3, 0.4) is 0 Å². The van der Waals surface area contributed by atoms with Gasteiger partial charge in [0.25, 0.3) is 11.1 Å². The van der Waals surface area contributed by atoms with Crippen LogP contribution in [0.4, 0.5) is 4.79 Å². The minimum absolute atomic E-state index is 0.225. The number of thioether (sulfide) groups is 1. The molecule has 164 valence electrons. The summed E-state index contributed by atoms with van der Waals surface area (Å²) in [6.07, 6.45) is 1.62. The Bertz CT molecular complexity index is 1410. The van der Waals surface area contributed by atoms with Crippen LogP contribution < -0.4 is 0 Å². The summed E-state index contributed by atoms with van der Waals surface area (Å²) in [7, 11) is 0. The highest BCUT2D eigenvalue weighted by Crippen LogP contribution is 2.39. The molecule has 0 aliphatic carbocycles. The average molecular weight is 557 g/mol. The van der Waals surface area contributed by atoms with E-state index in [1.807, 2.05) is 66.7 Å². The second kappa shape index (κ2) is 9.43. The second-order valence-electron chi connectivity index (χ2n) is 7.25. The largest absolute Gasteiger partial charge is 0.449 e. The molecule has 0 bridgehead atoms. The van der Waals surface area contributed by atoms with E-state index >= 15 is 0 Å². The van der Waals surface area contributed by atoms with Crippen LogP contribution in [-0.4, -0.2) is 16.0 Å². The standard InChI is InChI=1S/C25H15BrClNO3S2/c26-21-12-18(31-24(21)32-19-10-8-17(27)9-11-19)13-22-23(29)28(25(30)33-22)14-16-6-3-5-15-4-1-2-7-20(15)16/h1-13H,14H2/b22-13+. The molecule has 8 heteroatoms. The summed E-state index contributed by atoms with van der Waals surface area (Å²) in [6, 6.07) is 23.1. The number of fused-ring (bicyclic) bond motifs is 1. The topological polar surface area (TPSA) is 50.5 Å². The van der Waals surface area contributed by atoms with E-state index in [0.29, 0.717) is 20.8 Å².